The third-order valence-electron chi connectivity index (χ3n) is 2.67. The number of esters is 1. The molecular weight excluding hydrogens is 291 g/mol. The Hall–Kier alpha value is -2.70. The Morgan fingerprint density at radius 3 is 2.50 bits per heavy atom. The fourth-order valence-corrected chi connectivity index (χ4v) is 1.58. The summed E-state index contributed by atoms with van der Waals surface area (Å²) in [6, 6.07) is 3.86. The van der Waals surface area contributed by atoms with Gasteiger partial charge in [-0.3, -0.25) is 9.59 Å². The summed E-state index contributed by atoms with van der Waals surface area (Å²) in [5.74, 6) is -2.33. The van der Waals surface area contributed by atoms with Gasteiger partial charge in [0.15, 0.2) is 0 Å². The topological polar surface area (TPSA) is 98.5 Å². The average Bonchev–Trinajstić information content (AvgIpc) is 2.46. The minimum atomic E-state index is -0.983. The molecule has 0 bridgehead atoms. The fraction of sp³-hybridized carbons (Fsp3) is 0.267. The third-order valence-corrected chi connectivity index (χ3v) is 2.67. The predicted octanol–water partition coefficient (Wildman–Crippen LogP) is 0.919. The highest BCUT2D eigenvalue weighted by molar-refractivity contribution is 5.97. The third kappa shape index (κ3) is 5.74. The van der Waals surface area contributed by atoms with Crippen molar-refractivity contribution in [3.63, 3.8) is 0 Å². The van der Waals surface area contributed by atoms with Crippen molar-refractivity contribution in [1.82, 2.24) is 5.32 Å². The highest BCUT2D eigenvalue weighted by Crippen LogP contribution is 2.04. The molecular formula is C15H17FN2O4. The molecule has 0 saturated heterocycles. The summed E-state index contributed by atoms with van der Waals surface area (Å²) in [5, 5.41) is 2.42. The summed E-state index contributed by atoms with van der Waals surface area (Å²) in [6.07, 6.45) is 2.59. The Morgan fingerprint density at radius 2 is 1.95 bits per heavy atom. The van der Waals surface area contributed by atoms with E-state index in [0.29, 0.717) is 0 Å². The second kappa shape index (κ2) is 8.56. The quantitative estimate of drug-likeness (QED) is 0.578. The molecule has 0 spiro atoms. The van der Waals surface area contributed by atoms with Crippen LogP contribution in [0.5, 0.6) is 0 Å². The van der Waals surface area contributed by atoms with E-state index < -0.39 is 29.6 Å². The highest BCUT2D eigenvalue weighted by atomic mass is 19.1. The second-order valence-electron chi connectivity index (χ2n) is 4.33. The van der Waals surface area contributed by atoms with Gasteiger partial charge in [-0.2, -0.15) is 0 Å². The maximum absolute atomic E-state index is 12.8. The fourth-order valence-electron chi connectivity index (χ4n) is 1.58. The van der Waals surface area contributed by atoms with E-state index in [1.165, 1.54) is 18.2 Å². The van der Waals surface area contributed by atoms with Gasteiger partial charge in [-0.05, 0) is 37.6 Å². The first-order chi connectivity index (χ1) is 10.4. The van der Waals surface area contributed by atoms with E-state index in [-0.39, 0.29) is 18.6 Å². The normalized spacial score (nSPS) is 11.9. The zero-order valence-electron chi connectivity index (χ0n) is 12.0. The molecule has 1 rings (SSSR count). The smallest absolute Gasteiger partial charge is 0.330 e. The van der Waals surface area contributed by atoms with Gasteiger partial charge in [-0.15, -0.1) is 0 Å². The van der Waals surface area contributed by atoms with Crippen LogP contribution in [0.25, 0.3) is 0 Å². The maximum atomic E-state index is 12.8. The van der Waals surface area contributed by atoms with Crippen molar-refractivity contribution in [1.29, 1.82) is 0 Å². The first-order valence-corrected chi connectivity index (χ1v) is 6.63. The number of halogens is 1. The van der Waals surface area contributed by atoms with Crippen LogP contribution in [0.2, 0.25) is 0 Å². The number of nitrogens with one attached hydrogen (secondary N) is 1. The van der Waals surface area contributed by atoms with Crippen molar-refractivity contribution in [2.45, 2.75) is 19.4 Å². The molecule has 0 aliphatic rings. The highest BCUT2D eigenvalue weighted by Gasteiger charge is 2.17. The van der Waals surface area contributed by atoms with Crippen molar-refractivity contribution in [2.24, 2.45) is 5.73 Å². The predicted molar refractivity (Wildman–Crippen MR) is 77.2 cm³/mol. The average molecular weight is 308 g/mol. The van der Waals surface area contributed by atoms with E-state index in [4.69, 9.17) is 5.73 Å². The van der Waals surface area contributed by atoms with Gasteiger partial charge in [0.25, 0.3) is 5.91 Å². The molecule has 0 aliphatic heterocycles. The number of ether oxygens (including phenoxy) is 1. The molecule has 0 fully saturated rings. The van der Waals surface area contributed by atoms with E-state index >= 15 is 0 Å². The number of carbonyl (C=O) groups excluding carboxylic acids is 3. The molecule has 3 N–H and O–H groups in total. The van der Waals surface area contributed by atoms with E-state index in [0.717, 1.165) is 18.2 Å². The Bertz CT molecular complexity index is 569. The van der Waals surface area contributed by atoms with Crippen molar-refractivity contribution >= 4 is 17.8 Å². The lowest BCUT2D eigenvalue weighted by atomic mass is 10.1. The van der Waals surface area contributed by atoms with Crippen LogP contribution >= 0.6 is 0 Å². The molecule has 1 aromatic carbocycles. The molecule has 1 atom stereocenters. The van der Waals surface area contributed by atoms with Gasteiger partial charge in [-0.25, -0.2) is 9.18 Å². The number of amides is 2. The summed E-state index contributed by atoms with van der Waals surface area (Å²) < 4.78 is 17.5. The van der Waals surface area contributed by atoms with E-state index in [2.05, 4.69) is 10.1 Å². The van der Waals surface area contributed by atoms with Gasteiger partial charge in [0.05, 0.1) is 6.61 Å². The summed E-state index contributed by atoms with van der Waals surface area (Å²) >= 11 is 0. The van der Waals surface area contributed by atoms with Crippen molar-refractivity contribution < 1.29 is 23.5 Å². The molecule has 7 heteroatoms. The van der Waals surface area contributed by atoms with Crippen LogP contribution in [-0.2, 0) is 14.3 Å². The van der Waals surface area contributed by atoms with Gasteiger partial charge in [0.2, 0.25) is 5.91 Å². The molecule has 0 aliphatic carbocycles. The first-order valence-electron chi connectivity index (χ1n) is 6.63. The first kappa shape index (κ1) is 17.4. The number of hydrogen-bond donors (Lipinski definition) is 2. The largest absolute Gasteiger partial charge is 0.463 e. The minimum absolute atomic E-state index is 0.0427. The van der Waals surface area contributed by atoms with Gasteiger partial charge < -0.3 is 15.8 Å². The summed E-state index contributed by atoms with van der Waals surface area (Å²) in [5.41, 5.74) is 5.40. The molecule has 6 nitrogen and oxygen atoms in total. The molecule has 0 radical (unpaired) electrons. The monoisotopic (exact) mass is 308 g/mol. The zero-order valence-corrected chi connectivity index (χ0v) is 12.0. The van der Waals surface area contributed by atoms with Crippen molar-refractivity contribution in [2.75, 3.05) is 6.61 Å². The Balaban J connectivity index is 2.64. The zero-order chi connectivity index (χ0) is 16.5. The van der Waals surface area contributed by atoms with Crippen LogP contribution in [0.3, 0.4) is 0 Å². The Kier molecular flexibility index (Phi) is 6.75. The maximum Gasteiger partial charge on any atom is 0.330 e. The summed E-state index contributed by atoms with van der Waals surface area (Å²) in [6.45, 7) is 1.91. The SMILES string of the molecule is CCOC(=O)/C=C/C[C@@H](NC(=O)c1ccc(F)cc1)C(N)=O. The molecule has 0 aromatic heterocycles. The molecule has 0 unspecified atom stereocenters. The molecule has 2 amide bonds. The molecule has 118 valence electrons. The number of benzene rings is 1. The van der Waals surface area contributed by atoms with Crippen LogP contribution in [0.1, 0.15) is 23.7 Å². The lowest BCUT2D eigenvalue weighted by Gasteiger charge is -2.13. The van der Waals surface area contributed by atoms with Crippen LogP contribution in [0.15, 0.2) is 36.4 Å². The number of primary amides is 1. The minimum Gasteiger partial charge on any atom is -0.463 e. The van der Waals surface area contributed by atoms with Crippen LogP contribution < -0.4 is 11.1 Å². The Morgan fingerprint density at radius 1 is 1.32 bits per heavy atom. The van der Waals surface area contributed by atoms with Crippen LogP contribution in [0, 0.1) is 5.82 Å². The number of rotatable bonds is 7. The summed E-state index contributed by atoms with van der Waals surface area (Å²) in [7, 11) is 0. The van der Waals surface area contributed by atoms with Crippen molar-refractivity contribution in [3.8, 4) is 0 Å². The van der Waals surface area contributed by atoms with Gasteiger partial charge >= 0.3 is 5.97 Å². The number of carbonyl (C=O) groups is 3. The molecule has 22 heavy (non-hydrogen) atoms. The lowest BCUT2D eigenvalue weighted by molar-refractivity contribution is -0.137. The second-order valence-corrected chi connectivity index (χ2v) is 4.33. The van der Waals surface area contributed by atoms with Crippen LogP contribution in [-0.4, -0.2) is 30.4 Å². The number of hydrogen-bond acceptors (Lipinski definition) is 4. The number of nitrogens with two attached hydrogens (primary N) is 1. The molecule has 0 saturated carbocycles. The van der Waals surface area contributed by atoms with Gasteiger partial charge in [-0.1, -0.05) is 6.08 Å². The lowest BCUT2D eigenvalue weighted by Crippen LogP contribution is -2.44. The molecule has 1 aromatic rings. The standard InChI is InChI=1S/C15H17FN2O4/c1-2-22-13(19)5-3-4-12(14(17)20)18-15(21)10-6-8-11(16)9-7-10/h3,5-9,12H,2,4H2,1H3,(H2,17,20)(H,18,21)/b5-3+/t12-/m1/s1. The van der Waals surface area contributed by atoms with E-state index in [1.807, 2.05) is 0 Å². The van der Waals surface area contributed by atoms with Crippen LogP contribution in [0.4, 0.5) is 4.39 Å². The summed E-state index contributed by atoms with van der Waals surface area (Å²) in [4.78, 5) is 34.4. The molecule has 0 heterocycles. The Labute approximate surface area is 127 Å². The van der Waals surface area contributed by atoms with E-state index in [9.17, 15) is 18.8 Å². The van der Waals surface area contributed by atoms with Gasteiger partial charge in [0, 0.05) is 11.6 Å². The van der Waals surface area contributed by atoms with Gasteiger partial charge in [0.1, 0.15) is 11.9 Å². The van der Waals surface area contributed by atoms with Crippen molar-refractivity contribution in [3.05, 3.63) is 47.8 Å². The van der Waals surface area contributed by atoms with E-state index in [1.54, 1.807) is 6.92 Å².